The molecular weight excluding hydrogens is 435 g/mol. The number of aromatic nitrogens is 2. The Bertz CT molecular complexity index is 1300. The Hall–Kier alpha value is -3.58. The molecule has 1 N–H and O–H groups in total. The minimum absolute atomic E-state index is 0.00990. The van der Waals surface area contributed by atoms with Gasteiger partial charge in [0, 0.05) is 41.5 Å². The zero-order chi connectivity index (χ0) is 22.8. The van der Waals surface area contributed by atoms with Gasteiger partial charge in [0.05, 0.1) is 22.9 Å². The summed E-state index contributed by atoms with van der Waals surface area (Å²) in [6, 6.07) is 10.8. The number of halogens is 2. The van der Waals surface area contributed by atoms with E-state index in [0.29, 0.717) is 22.2 Å². The number of hydrogen-bond acceptors (Lipinski definition) is 5. The normalized spacial score (nSPS) is 11.0. The highest BCUT2D eigenvalue weighted by Gasteiger charge is 2.24. The highest BCUT2D eigenvalue weighted by Crippen LogP contribution is 2.37. The number of pyridine rings is 1. The van der Waals surface area contributed by atoms with E-state index in [-0.39, 0.29) is 35.3 Å². The lowest BCUT2D eigenvalue weighted by molar-refractivity contribution is 0.0525. The van der Waals surface area contributed by atoms with Crippen molar-refractivity contribution in [2.75, 3.05) is 6.61 Å². The molecule has 2 aromatic heterocycles. The first-order valence-corrected chi connectivity index (χ1v) is 10.3. The van der Waals surface area contributed by atoms with Gasteiger partial charge in [-0.25, -0.2) is 9.18 Å². The SMILES string of the molecule is CCOC(=O)c1c(COc2ccc(F)cc2Cl)n(C)c2cc(-c3cccnc3)c(O)cc12. The average Bonchev–Trinajstić information content (AvgIpc) is 3.04. The van der Waals surface area contributed by atoms with Crippen molar-refractivity contribution < 1.29 is 23.8 Å². The molecule has 0 amide bonds. The van der Waals surface area contributed by atoms with Gasteiger partial charge in [0.1, 0.15) is 23.9 Å². The van der Waals surface area contributed by atoms with Crippen LogP contribution in [0.4, 0.5) is 4.39 Å². The maximum Gasteiger partial charge on any atom is 0.340 e. The van der Waals surface area contributed by atoms with Crippen molar-refractivity contribution in [1.29, 1.82) is 0 Å². The molecule has 0 atom stereocenters. The van der Waals surface area contributed by atoms with Gasteiger partial charge in [0.2, 0.25) is 0 Å². The van der Waals surface area contributed by atoms with E-state index in [0.717, 1.165) is 11.6 Å². The van der Waals surface area contributed by atoms with Crippen molar-refractivity contribution in [1.82, 2.24) is 9.55 Å². The summed E-state index contributed by atoms with van der Waals surface area (Å²) in [5, 5.41) is 11.3. The van der Waals surface area contributed by atoms with Crippen LogP contribution in [0.25, 0.3) is 22.0 Å². The average molecular weight is 455 g/mol. The van der Waals surface area contributed by atoms with Crippen LogP contribution in [0.2, 0.25) is 5.02 Å². The molecule has 4 rings (SSSR count). The van der Waals surface area contributed by atoms with Gasteiger partial charge in [-0.05, 0) is 43.3 Å². The largest absolute Gasteiger partial charge is 0.507 e. The van der Waals surface area contributed by atoms with Gasteiger partial charge in [-0.2, -0.15) is 0 Å². The first-order valence-electron chi connectivity index (χ1n) is 9.90. The molecule has 2 heterocycles. The second-order valence-corrected chi connectivity index (χ2v) is 7.50. The van der Waals surface area contributed by atoms with E-state index in [1.807, 2.05) is 6.07 Å². The number of carbonyl (C=O) groups excluding carboxylic acids is 1. The predicted octanol–water partition coefficient (Wildman–Crippen LogP) is 5.49. The second-order valence-electron chi connectivity index (χ2n) is 7.09. The molecule has 2 aromatic carbocycles. The topological polar surface area (TPSA) is 73.6 Å². The smallest absolute Gasteiger partial charge is 0.340 e. The molecule has 164 valence electrons. The van der Waals surface area contributed by atoms with Crippen molar-refractivity contribution >= 4 is 28.5 Å². The van der Waals surface area contributed by atoms with Gasteiger partial charge in [0.15, 0.2) is 0 Å². The second kappa shape index (κ2) is 8.88. The molecule has 0 aliphatic rings. The lowest BCUT2D eigenvalue weighted by Gasteiger charge is -2.11. The molecule has 8 heteroatoms. The fourth-order valence-electron chi connectivity index (χ4n) is 3.61. The number of esters is 1. The predicted molar refractivity (Wildman–Crippen MR) is 120 cm³/mol. The van der Waals surface area contributed by atoms with E-state index in [1.54, 1.807) is 43.1 Å². The van der Waals surface area contributed by atoms with Gasteiger partial charge in [-0.3, -0.25) is 4.98 Å². The van der Waals surface area contributed by atoms with Gasteiger partial charge >= 0.3 is 5.97 Å². The summed E-state index contributed by atoms with van der Waals surface area (Å²) >= 11 is 6.07. The minimum atomic E-state index is -0.532. The van der Waals surface area contributed by atoms with Gasteiger partial charge in [-0.1, -0.05) is 17.7 Å². The summed E-state index contributed by atoms with van der Waals surface area (Å²) in [4.78, 5) is 16.9. The van der Waals surface area contributed by atoms with Crippen molar-refractivity contribution in [2.45, 2.75) is 13.5 Å². The van der Waals surface area contributed by atoms with Crippen molar-refractivity contribution in [3.05, 3.63) is 77.0 Å². The number of rotatable bonds is 6. The van der Waals surface area contributed by atoms with Gasteiger partial charge in [-0.15, -0.1) is 0 Å². The van der Waals surface area contributed by atoms with Crippen molar-refractivity contribution in [2.24, 2.45) is 7.05 Å². The number of phenolic OH excluding ortho intramolecular Hbond substituents is 1. The molecule has 0 saturated heterocycles. The first-order chi connectivity index (χ1) is 15.4. The van der Waals surface area contributed by atoms with Crippen LogP contribution in [0.1, 0.15) is 23.0 Å². The zero-order valence-electron chi connectivity index (χ0n) is 17.4. The number of nitrogens with zero attached hydrogens (tertiary/aromatic N) is 2. The highest BCUT2D eigenvalue weighted by atomic mass is 35.5. The quantitative estimate of drug-likeness (QED) is 0.390. The Morgan fingerprint density at radius 1 is 1.25 bits per heavy atom. The number of phenols is 1. The van der Waals surface area contributed by atoms with Crippen molar-refractivity contribution in [3.8, 4) is 22.6 Å². The molecular formula is C24H20ClFN2O4. The van der Waals surface area contributed by atoms with E-state index in [1.165, 1.54) is 18.2 Å². The van der Waals surface area contributed by atoms with Crippen molar-refractivity contribution in [3.63, 3.8) is 0 Å². The maximum atomic E-state index is 13.4. The molecule has 0 aliphatic heterocycles. The van der Waals surface area contributed by atoms with E-state index in [4.69, 9.17) is 21.1 Å². The third kappa shape index (κ3) is 3.99. The number of carbonyl (C=O) groups is 1. The van der Waals surface area contributed by atoms with E-state index in [2.05, 4.69) is 4.98 Å². The summed E-state index contributed by atoms with van der Waals surface area (Å²) in [6.45, 7) is 1.89. The Morgan fingerprint density at radius 2 is 2.06 bits per heavy atom. The Labute approximate surface area is 188 Å². The molecule has 32 heavy (non-hydrogen) atoms. The summed E-state index contributed by atoms with van der Waals surface area (Å²) in [7, 11) is 1.79. The minimum Gasteiger partial charge on any atom is -0.507 e. The fourth-order valence-corrected chi connectivity index (χ4v) is 3.84. The molecule has 0 spiro atoms. The lowest BCUT2D eigenvalue weighted by atomic mass is 10.0. The van der Waals surface area contributed by atoms with Crippen LogP contribution in [0.3, 0.4) is 0 Å². The van der Waals surface area contributed by atoms with Crippen LogP contribution in [0.15, 0.2) is 54.9 Å². The van der Waals surface area contributed by atoms with Crippen LogP contribution in [-0.2, 0) is 18.4 Å². The molecule has 0 fully saturated rings. The highest BCUT2D eigenvalue weighted by molar-refractivity contribution is 6.32. The number of aryl methyl sites for hydroxylation is 1. The first kappa shape index (κ1) is 21.6. The van der Waals surface area contributed by atoms with Crippen LogP contribution in [0, 0.1) is 5.82 Å². The molecule has 0 aliphatic carbocycles. The van der Waals surface area contributed by atoms with Crippen LogP contribution in [-0.4, -0.2) is 27.2 Å². The summed E-state index contributed by atoms with van der Waals surface area (Å²) in [5.41, 5.74) is 2.84. The Balaban J connectivity index is 1.84. The molecule has 6 nitrogen and oxygen atoms in total. The maximum absolute atomic E-state index is 13.4. The van der Waals surface area contributed by atoms with Gasteiger partial charge in [0.25, 0.3) is 0 Å². The number of fused-ring (bicyclic) bond motifs is 1. The van der Waals surface area contributed by atoms with Crippen LogP contribution in [0.5, 0.6) is 11.5 Å². The van der Waals surface area contributed by atoms with Crippen LogP contribution >= 0.6 is 11.6 Å². The third-order valence-electron chi connectivity index (χ3n) is 5.15. The zero-order valence-corrected chi connectivity index (χ0v) is 18.2. The molecule has 0 saturated carbocycles. The Morgan fingerprint density at radius 3 is 2.75 bits per heavy atom. The number of benzene rings is 2. The van der Waals surface area contributed by atoms with E-state index >= 15 is 0 Å². The summed E-state index contributed by atoms with van der Waals surface area (Å²) < 4.78 is 26.2. The van der Waals surface area contributed by atoms with Gasteiger partial charge < -0.3 is 19.1 Å². The molecule has 0 radical (unpaired) electrons. The summed E-state index contributed by atoms with van der Waals surface area (Å²) in [6.07, 6.45) is 3.30. The van der Waals surface area contributed by atoms with Crippen LogP contribution < -0.4 is 4.74 Å². The molecule has 0 unspecified atom stereocenters. The number of ether oxygens (including phenoxy) is 2. The Kier molecular flexibility index (Phi) is 6.01. The number of hydrogen-bond donors (Lipinski definition) is 1. The number of aromatic hydroxyl groups is 1. The fraction of sp³-hybridized carbons (Fsp3) is 0.167. The monoisotopic (exact) mass is 454 g/mol. The molecule has 0 bridgehead atoms. The van der Waals surface area contributed by atoms with E-state index < -0.39 is 11.8 Å². The summed E-state index contributed by atoms with van der Waals surface area (Å²) in [5.74, 6) is -0.712. The lowest BCUT2D eigenvalue weighted by Crippen LogP contribution is -2.11. The molecule has 4 aromatic rings. The van der Waals surface area contributed by atoms with E-state index in [9.17, 15) is 14.3 Å². The standard InChI is InChI=1S/C24H20ClFN2O4/c1-3-31-24(30)23-17-11-21(29)16(14-5-4-8-27-12-14)10-19(17)28(2)20(23)13-32-22-7-6-15(26)9-18(22)25/h4-12,29H,3,13H2,1-2H3. The third-order valence-corrected chi connectivity index (χ3v) is 5.44.